The van der Waals surface area contributed by atoms with Crippen molar-refractivity contribution in [3.63, 3.8) is 0 Å². The first-order valence-corrected chi connectivity index (χ1v) is 8.16. The predicted molar refractivity (Wildman–Crippen MR) is 88.2 cm³/mol. The topological polar surface area (TPSA) is 15.3 Å². The Morgan fingerprint density at radius 2 is 2.10 bits per heavy atom. The molecule has 1 aliphatic rings. The molecular formula is C18H29FN2. The van der Waals surface area contributed by atoms with Crippen molar-refractivity contribution in [1.29, 1.82) is 0 Å². The fourth-order valence-electron chi connectivity index (χ4n) is 3.01. The number of benzene rings is 1. The van der Waals surface area contributed by atoms with Crippen molar-refractivity contribution >= 4 is 5.69 Å². The second-order valence-corrected chi connectivity index (χ2v) is 7.26. The average Bonchev–Trinajstić information content (AvgIpc) is 2.88. The average molecular weight is 292 g/mol. The van der Waals surface area contributed by atoms with Crippen LogP contribution in [-0.4, -0.2) is 19.6 Å². The molecule has 1 N–H and O–H groups in total. The first-order valence-electron chi connectivity index (χ1n) is 8.16. The molecule has 0 bridgehead atoms. The molecule has 1 saturated heterocycles. The second-order valence-electron chi connectivity index (χ2n) is 7.26. The van der Waals surface area contributed by atoms with Crippen molar-refractivity contribution in [2.24, 2.45) is 11.3 Å². The Bertz CT molecular complexity index is 465. The summed E-state index contributed by atoms with van der Waals surface area (Å²) in [7, 11) is 0. The van der Waals surface area contributed by atoms with Crippen molar-refractivity contribution in [2.45, 2.75) is 47.1 Å². The Morgan fingerprint density at radius 1 is 1.33 bits per heavy atom. The number of nitrogens with zero attached hydrogens (tertiary/aromatic N) is 1. The van der Waals surface area contributed by atoms with Crippen molar-refractivity contribution in [1.82, 2.24) is 5.32 Å². The number of rotatable bonds is 5. The van der Waals surface area contributed by atoms with Crippen LogP contribution < -0.4 is 10.2 Å². The van der Waals surface area contributed by atoms with Crippen LogP contribution in [0.5, 0.6) is 0 Å². The van der Waals surface area contributed by atoms with Gasteiger partial charge < -0.3 is 10.2 Å². The molecule has 0 amide bonds. The van der Waals surface area contributed by atoms with Crippen molar-refractivity contribution in [3.8, 4) is 0 Å². The van der Waals surface area contributed by atoms with Gasteiger partial charge in [-0.05, 0) is 48.4 Å². The molecule has 118 valence electrons. The van der Waals surface area contributed by atoms with Crippen LogP contribution in [0.25, 0.3) is 0 Å². The van der Waals surface area contributed by atoms with E-state index in [1.165, 1.54) is 0 Å². The first-order chi connectivity index (χ1) is 9.91. The summed E-state index contributed by atoms with van der Waals surface area (Å²) in [6.45, 7) is 12.6. The lowest BCUT2D eigenvalue weighted by Gasteiger charge is -2.27. The minimum atomic E-state index is -0.0830. The van der Waals surface area contributed by atoms with Crippen LogP contribution >= 0.6 is 0 Å². The first kappa shape index (κ1) is 16.3. The second kappa shape index (κ2) is 6.78. The molecule has 0 saturated carbocycles. The van der Waals surface area contributed by atoms with Crippen LogP contribution in [0.1, 0.15) is 46.1 Å². The smallest absolute Gasteiger partial charge is 0.146 e. The molecule has 1 heterocycles. The van der Waals surface area contributed by atoms with E-state index in [1.54, 1.807) is 6.07 Å². The molecule has 1 fully saturated rings. The van der Waals surface area contributed by atoms with Crippen molar-refractivity contribution in [3.05, 3.63) is 29.6 Å². The van der Waals surface area contributed by atoms with E-state index in [9.17, 15) is 4.39 Å². The highest BCUT2D eigenvalue weighted by molar-refractivity contribution is 5.50. The highest BCUT2D eigenvalue weighted by Gasteiger charge is 2.32. The maximum atomic E-state index is 14.4. The van der Waals surface area contributed by atoms with Gasteiger partial charge in [-0.2, -0.15) is 0 Å². The van der Waals surface area contributed by atoms with Gasteiger partial charge in [0.15, 0.2) is 0 Å². The van der Waals surface area contributed by atoms with E-state index < -0.39 is 0 Å². The third-order valence-corrected chi connectivity index (χ3v) is 4.52. The molecule has 2 rings (SSSR count). The Kier molecular flexibility index (Phi) is 5.26. The normalized spacial score (nSPS) is 19.3. The monoisotopic (exact) mass is 292 g/mol. The summed E-state index contributed by atoms with van der Waals surface area (Å²) in [4.78, 5) is 2.20. The molecule has 1 aliphatic heterocycles. The zero-order chi connectivity index (χ0) is 15.5. The van der Waals surface area contributed by atoms with Crippen LogP contribution in [0.3, 0.4) is 0 Å². The van der Waals surface area contributed by atoms with Gasteiger partial charge in [-0.25, -0.2) is 4.39 Å². The molecule has 1 aromatic carbocycles. The molecule has 1 unspecified atom stereocenters. The van der Waals surface area contributed by atoms with Gasteiger partial charge in [0.05, 0.1) is 5.69 Å². The summed E-state index contributed by atoms with van der Waals surface area (Å²) in [6.07, 6.45) is 2.26. The maximum absolute atomic E-state index is 14.4. The van der Waals surface area contributed by atoms with Crippen LogP contribution in [0.4, 0.5) is 10.1 Å². The van der Waals surface area contributed by atoms with E-state index in [1.807, 2.05) is 12.1 Å². The van der Waals surface area contributed by atoms with Gasteiger partial charge in [-0.1, -0.05) is 33.8 Å². The lowest BCUT2D eigenvalue weighted by Crippen LogP contribution is -2.26. The fraction of sp³-hybridized carbons (Fsp3) is 0.667. The van der Waals surface area contributed by atoms with Gasteiger partial charge in [0, 0.05) is 19.6 Å². The minimum Gasteiger partial charge on any atom is -0.369 e. The Labute approximate surface area is 128 Å². The number of anilines is 1. The third kappa shape index (κ3) is 4.19. The highest BCUT2D eigenvalue weighted by Crippen LogP contribution is 2.36. The number of halogens is 1. The van der Waals surface area contributed by atoms with E-state index in [2.05, 4.69) is 37.9 Å². The summed E-state index contributed by atoms with van der Waals surface area (Å²) in [6, 6.07) is 5.68. The Hall–Kier alpha value is -1.09. The number of hydrogen-bond donors (Lipinski definition) is 1. The molecule has 21 heavy (non-hydrogen) atoms. The molecule has 0 aromatic heterocycles. The molecule has 0 aliphatic carbocycles. The maximum Gasteiger partial charge on any atom is 0.146 e. The predicted octanol–water partition coefficient (Wildman–Crippen LogP) is 4.20. The number of hydrogen-bond acceptors (Lipinski definition) is 2. The summed E-state index contributed by atoms with van der Waals surface area (Å²) in [5.41, 5.74) is 2.09. The van der Waals surface area contributed by atoms with E-state index >= 15 is 0 Å². The van der Waals surface area contributed by atoms with E-state index in [0.717, 1.165) is 50.3 Å². The quantitative estimate of drug-likeness (QED) is 0.818. The summed E-state index contributed by atoms with van der Waals surface area (Å²) in [5, 5.41) is 3.31. The van der Waals surface area contributed by atoms with Crippen LogP contribution in [-0.2, 0) is 6.54 Å². The summed E-state index contributed by atoms with van der Waals surface area (Å²) < 4.78 is 14.4. The van der Waals surface area contributed by atoms with Gasteiger partial charge >= 0.3 is 0 Å². The molecule has 3 heteroatoms. The van der Waals surface area contributed by atoms with Crippen LogP contribution in [0.2, 0.25) is 0 Å². The summed E-state index contributed by atoms with van der Waals surface area (Å²) in [5.74, 6) is 0.558. The zero-order valence-electron chi connectivity index (χ0n) is 13.9. The Morgan fingerprint density at radius 3 is 2.67 bits per heavy atom. The van der Waals surface area contributed by atoms with Crippen LogP contribution in [0, 0.1) is 17.2 Å². The minimum absolute atomic E-state index is 0.0830. The van der Waals surface area contributed by atoms with Gasteiger partial charge in [-0.3, -0.25) is 0 Å². The lowest BCUT2D eigenvalue weighted by atomic mass is 9.80. The van der Waals surface area contributed by atoms with Gasteiger partial charge in [0.2, 0.25) is 0 Å². The molecule has 0 spiro atoms. The SMILES string of the molecule is CCCNCc1ccc(N2CCC(C(C)(C)C)C2)c(F)c1. The largest absolute Gasteiger partial charge is 0.369 e. The van der Waals surface area contributed by atoms with Gasteiger partial charge in [0.1, 0.15) is 5.82 Å². The molecule has 1 aromatic rings. The number of nitrogens with one attached hydrogen (secondary N) is 1. The third-order valence-electron chi connectivity index (χ3n) is 4.52. The van der Waals surface area contributed by atoms with E-state index in [4.69, 9.17) is 0 Å². The standard InChI is InChI=1S/C18H29FN2/c1-5-9-20-12-14-6-7-17(16(19)11-14)21-10-8-15(13-21)18(2,3)4/h6-7,11,15,20H,5,8-10,12-13H2,1-4H3. The van der Waals surface area contributed by atoms with Crippen molar-refractivity contribution in [2.75, 3.05) is 24.5 Å². The van der Waals surface area contributed by atoms with Crippen LogP contribution in [0.15, 0.2) is 18.2 Å². The molecular weight excluding hydrogens is 263 g/mol. The van der Waals surface area contributed by atoms with E-state index in [0.29, 0.717) is 11.3 Å². The van der Waals surface area contributed by atoms with Gasteiger partial charge in [-0.15, -0.1) is 0 Å². The molecule has 1 atom stereocenters. The van der Waals surface area contributed by atoms with Crippen molar-refractivity contribution < 1.29 is 4.39 Å². The van der Waals surface area contributed by atoms with Gasteiger partial charge in [0.25, 0.3) is 0 Å². The Balaban J connectivity index is 2.01. The lowest BCUT2D eigenvalue weighted by molar-refractivity contribution is 0.263. The molecule has 0 radical (unpaired) electrons. The summed E-state index contributed by atoms with van der Waals surface area (Å²) >= 11 is 0. The molecule has 2 nitrogen and oxygen atoms in total. The fourth-order valence-corrected chi connectivity index (χ4v) is 3.01. The highest BCUT2D eigenvalue weighted by atomic mass is 19.1. The zero-order valence-corrected chi connectivity index (χ0v) is 13.9. The van der Waals surface area contributed by atoms with E-state index in [-0.39, 0.29) is 5.82 Å².